The Morgan fingerprint density at radius 1 is 1.32 bits per heavy atom. The number of fused-ring (bicyclic) bond motifs is 2. The van der Waals surface area contributed by atoms with Crippen molar-refractivity contribution in [3.8, 4) is 5.75 Å². The number of carbonyl (C=O) groups is 2. The van der Waals surface area contributed by atoms with Crippen molar-refractivity contribution in [2.75, 3.05) is 18.6 Å². The quantitative estimate of drug-likeness (QED) is 0.896. The lowest BCUT2D eigenvalue weighted by Crippen LogP contribution is -2.34. The number of rotatable bonds is 2. The molecular weight excluding hydrogens is 320 g/mol. The van der Waals surface area contributed by atoms with E-state index in [9.17, 15) is 9.59 Å². The van der Waals surface area contributed by atoms with Gasteiger partial charge in [-0.3, -0.25) is 9.59 Å². The van der Waals surface area contributed by atoms with E-state index in [1.807, 2.05) is 28.8 Å². The number of benzene rings is 1. The van der Waals surface area contributed by atoms with Crippen molar-refractivity contribution in [3.63, 3.8) is 0 Å². The fourth-order valence-electron chi connectivity index (χ4n) is 3.67. The molecule has 0 saturated carbocycles. The summed E-state index contributed by atoms with van der Waals surface area (Å²) in [5.41, 5.74) is 7.36. The molecule has 0 unspecified atom stereocenters. The van der Waals surface area contributed by atoms with Crippen molar-refractivity contribution in [3.05, 3.63) is 41.5 Å². The maximum Gasteiger partial charge on any atom is 0.269 e. The van der Waals surface area contributed by atoms with Gasteiger partial charge in [0.15, 0.2) is 0 Å². The highest BCUT2D eigenvalue weighted by atomic mass is 16.5. The Bertz CT molecular complexity index is 858. The molecule has 1 atom stereocenters. The van der Waals surface area contributed by atoms with E-state index in [4.69, 9.17) is 10.5 Å². The molecule has 25 heavy (non-hydrogen) atoms. The number of nitrogens with two attached hydrogens (primary N) is 1. The Balaban J connectivity index is 1.78. The van der Waals surface area contributed by atoms with Crippen LogP contribution in [0.4, 0.5) is 5.69 Å². The zero-order valence-electron chi connectivity index (χ0n) is 14.1. The molecule has 2 amide bonds. The number of primary amides is 1. The van der Waals surface area contributed by atoms with Crippen molar-refractivity contribution in [1.29, 1.82) is 0 Å². The SMILES string of the molecule is CN1C(=O)[C@@H](c2nc(C(N)=O)c3n2CCCC3)COc2ccccc21. The van der Waals surface area contributed by atoms with Crippen LogP contribution in [0.3, 0.4) is 0 Å². The van der Waals surface area contributed by atoms with Crippen LogP contribution in [-0.4, -0.2) is 35.0 Å². The number of ether oxygens (including phenoxy) is 1. The number of likely N-dealkylation sites (N-methyl/N-ethyl adjacent to an activating group) is 1. The monoisotopic (exact) mass is 340 g/mol. The van der Waals surface area contributed by atoms with Gasteiger partial charge in [-0.15, -0.1) is 0 Å². The molecule has 0 radical (unpaired) electrons. The minimum Gasteiger partial charge on any atom is -0.490 e. The van der Waals surface area contributed by atoms with E-state index < -0.39 is 11.8 Å². The van der Waals surface area contributed by atoms with Gasteiger partial charge in [0.05, 0.1) is 11.4 Å². The highest BCUT2D eigenvalue weighted by Gasteiger charge is 2.36. The molecule has 3 heterocycles. The van der Waals surface area contributed by atoms with E-state index in [-0.39, 0.29) is 18.2 Å². The van der Waals surface area contributed by atoms with Gasteiger partial charge >= 0.3 is 0 Å². The maximum atomic E-state index is 13.0. The zero-order valence-corrected chi connectivity index (χ0v) is 14.1. The summed E-state index contributed by atoms with van der Waals surface area (Å²) >= 11 is 0. The Kier molecular flexibility index (Phi) is 3.71. The lowest BCUT2D eigenvalue weighted by atomic mass is 10.1. The summed E-state index contributed by atoms with van der Waals surface area (Å²) in [6.07, 6.45) is 2.74. The van der Waals surface area contributed by atoms with Crippen LogP contribution in [0.25, 0.3) is 0 Å². The molecule has 2 aromatic rings. The number of imidazole rings is 1. The highest BCUT2D eigenvalue weighted by molar-refractivity contribution is 5.99. The first-order valence-corrected chi connectivity index (χ1v) is 8.46. The van der Waals surface area contributed by atoms with Gasteiger partial charge in [0.1, 0.15) is 29.8 Å². The fourth-order valence-corrected chi connectivity index (χ4v) is 3.67. The molecule has 7 heteroatoms. The summed E-state index contributed by atoms with van der Waals surface area (Å²) in [5.74, 6) is 0.0341. The van der Waals surface area contributed by atoms with Crippen LogP contribution in [0.1, 0.15) is 40.8 Å². The molecule has 7 nitrogen and oxygen atoms in total. The summed E-state index contributed by atoms with van der Waals surface area (Å²) in [4.78, 5) is 30.9. The Labute approximate surface area is 145 Å². The summed E-state index contributed by atoms with van der Waals surface area (Å²) in [7, 11) is 1.73. The third-order valence-corrected chi connectivity index (χ3v) is 4.95. The van der Waals surface area contributed by atoms with E-state index in [1.54, 1.807) is 11.9 Å². The van der Waals surface area contributed by atoms with Crippen LogP contribution in [0.2, 0.25) is 0 Å². The number of hydrogen-bond donors (Lipinski definition) is 1. The Hall–Kier alpha value is -2.83. The van der Waals surface area contributed by atoms with E-state index >= 15 is 0 Å². The van der Waals surface area contributed by atoms with Crippen molar-refractivity contribution < 1.29 is 14.3 Å². The summed E-state index contributed by atoms with van der Waals surface area (Å²) in [6.45, 7) is 0.931. The van der Waals surface area contributed by atoms with Gasteiger partial charge < -0.3 is 19.9 Å². The molecule has 0 bridgehead atoms. The first-order chi connectivity index (χ1) is 12.1. The summed E-state index contributed by atoms with van der Waals surface area (Å²) in [5, 5.41) is 0. The molecule has 1 aromatic heterocycles. The molecule has 4 rings (SSSR count). The molecule has 0 fully saturated rings. The average Bonchev–Trinajstić information content (AvgIpc) is 2.96. The van der Waals surface area contributed by atoms with Crippen LogP contribution in [0, 0.1) is 0 Å². The van der Waals surface area contributed by atoms with E-state index in [0.717, 1.165) is 37.2 Å². The molecule has 130 valence electrons. The highest BCUT2D eigenvalue weighted by Crippen LogP contribution is 2.35. The van der Waals surface area contributed by atoms with Crippen LogP contribution >= 0.6 is 0 Å². The standard InChI is InChI=1S/C18H20N4O3/c1-21-12-6-2-3-8-14(12)25-10-11(18(21)24)17-20-15(16(19)23)13-7-4-5-9-22(13)17/h2-3,6,8,11H,4-5,7,9-10H2,1H3,(H2,19,23)/t11-/m1/s1. The molecular formula is C18H20N4O3. The first-order valence-electron chi connectivity index (χ1n) is 8.46. The smallest absolute Gasteiger partial charge is 0.269 e. The topological polar surface area (TPSA) is 90.5 Å². The predicted octanol–water partition coefficient (Wildman–Crippen LogP) is 1.46. The molecule has 2 N–H and O–H groups in total. The fraction of sp³-hybridized carbons (Fsp3) is 0.389. The lowest BCUT2D eigenvalue weighted by molar-refractivity contribution is -0.120. The van der Waals surface area contributed by atoms with Crippen molar-refractivity contribution in [1.82, 2.24) is 9.55 Å². The third-order valence-electron chi connectivity index (χ3n) is 4.95. The number of carbonyl (C=O) groups excluding carboxylic acids is 2. The van der Waals surface area contributed by atoms with E-state index in [0.29, 0.717) is 11.6 Å². The third kappa shape index (κ3) is 2.47. The van der Waals surface area contributed by atoms with Crippen LogP contribution < -0.4 is 15.4 Å². The zero-order chi connectivity index (χ0) is 17.6. The average molecular weight is 340 g/mol. The molecule has 2 aliphatic heterocycles. The van der Waals surface area contributed by atoms with Crippen molar-refractivity contribution in [2.45, 2.75) is 31.7 Å². The number of hydrogen-bond acceptors (Lipinski definition) is 4. The first kappa shape index (κ1) is 15.7. The maximum absolute atomic E-state index is 13.0. The van der Waals surface area contributed by atoms with Gasteiger partial charge in [0.2, 0.25) is 5.91 Å². The number of nitrogens with zero attached hydrogens (tertiary/aromatic N) is 3. The summed E-state index contributed by atoms with van der Waals surface area (Å²) < 4.78 is 7.87. The minimum atomic E-state index is -0.567. The van der Waals surface area contributed by atoms with Crippen molar-refractivity contribution in [2.24, 2.45) is 5.73 Å². The van der Waals surface area contributed by atoms with Crippen molar-refractivity contribution >= 4 is 17.5 Å². The summed E-state index contributed by atoms with van der Waals surface area (Å²) in [6, 6.07) is 7.44. The van der Waals surface area contributed by atoms with Crippen LogP contribution in [0.15, 0.2) is 24.3 Å². The van der Waals surface area contributed by atoms with Gasteiger partial charge in [0.25, 0.3) is 5.91 Å². The second kappa shape index (κ2) is 5.91. The number of amides is 2. The van der Waals surface area contributed by atoms with Gasteiger partial charge in [-0.1, -0.05) is 12.1 Å². The largest absolute Gasteiger partial charge is 0.490 e. The van der Waals surface area contributed by atoms with E-state index in [1.165, 1.54) is 0 Å². The number of aromatic nitrogens is 2. The normalized spacial score (nSPS) is 19.6. The molecule has 0 saturated heterocycles. The number of para-hydroxylation sites is 2. The van der Waals surface area contributed by atoms with E-state index in [2.05, 4.69) is 4.98 Å². The lowest BCUT2D eigenvalue weighted by Gasteiger charge is -2.22. The van der Waals surface area contributed by atoms with Gasteiger partial charge in [0, 0.05) is 13.6 Å². The second-order valence-corrected chi connectivity index (χ2v) is 6.47. The Morgan fingerprint density at radius 3 is 2.92 bits per heavy atom. The van der Waals surface area contributed by atoms with Gasteiger partial charge in [-0.2, -0.15) is 0 Å². The predicted molar refractivity (Wildman–Crippen MR) is 91.8 cm³/mol. The molecule has 1 aromatic carbocycles. The van der Waals surface area contributed by atoms with Crippen LogP contribution in [-0.2, 0) is 17.8 Å². The number of anilines is 1. The second-order valence-electron chi connectivity index (χ2n) is 6.47. The molecule has 0 spiro atoms. The van der Waals surface area contributed by atoms with Gasteiger partial charge in [-0.25, -0.2) is 4.98 Å². The minimum absolute atomic E-state index is 0.0978. The Morgan fingerprint density at radius 2 is 2.12 bits per heavy atom. The van der Waals surface area contributed by atoms with Gasteiger partial charge in [-0.05, 0) is 31.4 Å². The van der Waals surface area contributed by atoms with Crippen LogP contribution in [0.5, 0.6) is 5.75 Å². The molecule has 0 aliphatic carbocycles. The molecule has 2 aliphatic rings.